The molecular weight excluding hydrogens is 382 g/mol. The van der Waals surface area contributed by atoms with Crippen LogP contribution in [0.4, 0.5) is 0 Å². The summed E-state index contributed by atoms with van der Waals surface area (Å²) < 4.78 is 0. The molecule has 31 heavy (non-hydrogen) atoms. The number of carbonyl (C=O) groups excluding carboxylic acids is 2. The van der Waals surface area contributed by atoms with Crippen LogP contribution in [0.3, 0.4) is 0 Å². The average Bonchev–Trinajstić information content (AvgIpc) is 2.68. The highest BCUT2D eigenvalue weighted by Gasteiger charge is 2.48. The van der Waals surface area contributed by atoms with Crippen LogP contribution >= 0.6 is 0 Å². The Morgan fingerprint density at radius 2 is 1.26 bits per heavy atom. The van der Waals surface area contributed by atoms with Crippen molar-refractivity contribution in [2.24, 2.45) is 10.8 Å². The number of fused-ring (bicyclic) bond motifs is 1. The third-order valence-corrected chi connectivity index (χ3v) is 7.31. The molecule has 1 aliphatic heterocycles. The first kappa shape index (κ1) is 20.2. The van der Waals surface area contributed by atoms with E-state index in [0.717, 1.165) is 51.7 Å². The van der Waals surface area contributed by atoms with E-state index in [1.807, 2.05) is 12.1 Å². The predicted molar refractivity (Wildman–Crippen MR) is 125 cm³/mol. The lowest BCUT2D eigenvalue weighted by Gasteiger charge is -2.48. The van der Waals surface area contributed by atoms with Gasteiger partial charge >= 0.3 is 0 Å². The number of nitrogens with zero attached hydrogens (tertiary/aromatic N) is 1. The zero-order chi connectivity index (χ0) is 22.1. The predicted octanol–water partition coefficient (Wildman–Crippen LogP) is 6.16. The van der Waals surface area contributed by atoms with Crippen molar-refractivity contribution in [2.45, 2.75) is 59.3 Å². The molecule has 1 heterocycles. The molecule has 0 aromatic heterocycles. The van der Waals surface area contributed by atoms with E-state index in [2.05, 4.69) is 70.0 Å². The fraction of sp³-hybridized carbons (Fsp3) is 0.429. The maximum Gasteiger partial charge on any atom is 0.162 e. The number of allylic oxidation sites excluding steroid dienone is 4. The van der Waals surface area contributed by atoms with Crippen molar-refractivity contribution >= 4 is 22.3 Å². The Labute approximate surface area is 184 Å². The number of Topliss-reactive ketones (excluding diaryl/α,β-unsaturated/α-hetero) is 2. The van der Waals surface area contributed by atoms with Crippen LogP contribution in [0.1, 0.15) is 64.9 Å². The van der Waals surface area contributed by atoms with E-state index in [0.29, 0.717) is 12.8 Å². The van der Waals surface area contributed by atoms with Gasteiger partial charge in [-0.15, -0.1) is 0 Å². The van der Waals surface area contributed by atoms with E-state index in [4.69, 9.17) is 0 Å². The summed E-state index contributed by atoms with van der Waals surface area (Å²) in [6, 6.07) is 14.6. The quantitative estimate of drug-likeness (QED) is 0.562. The molecule has 0 spiro atoms. The van der Waals surface area contributed by atoms with E-state index in [9.17, 15) is 9.59 Å². The molecule has 0 fully saturated rings. The van der Waals surface area contributed by atoms with E-state index in [1.165, 1.54) is 0 Å². The van der Waals surface area contributed by atoms with Crippen molar-refractivity contribution in [3.8, 4) is 0 Å². The summed E-state index contributed by atoms with van der Waals surface area (Å²) in [7, 11) is 2.06. The topological polar surface area (TPSA) is 37.4 Å². The Balaban J connectivity index is 1.82. The smallest absolute Gasteiger partial charge is 0.162 e. The number of rotatable bonds is 1. The second kappa shape index (κ2) is 6.66. The molecule has 3 nitrogen and oxygen atoms in total. The van der Waals surface area contributed by atoms with E-state index in [1.54, 1.807) is 0 Å². The van der Waals surface area contributed by atoms with Gasteiger partial charge in [0.25, 0.3) is 0 Å². The Kier molecular flexibility index (Phi) is 4.35. The highest BCUT2D eigenvalue weighted by Crippen LogP contribution is 2.54. The second-order valence-electron chi connectivity index (χ2n) is 11.2. The molecule has 0 unspecified atom stereocenters. The summed E-state index contributed by atoms with van der Waals surface area (Å²) in [4.78, 5) is 29.4. The Morgan fingerprint density at radius 1 is 0.742 bits per heavy atom. The van der Waals surface area contributed by atoms with Crippen LogP contribution < -0.4 is 0 Å². The number of benzene rings is 2. The molecule has 0 atom stereocenters. The van der Waals surface area contributed by atoms with E-state index in [-0.39, 0.29) is 28.3 Å². The lowest BCUT2D eigenvalue weighted by molar-refractivity contribution is -0.119. The molecule has 0 amide bonds. The zero-order valence-corrected chi connectivity index (χ0v) is 19.2. The molecule has 3 heteroatoms. The van der Waals surface area contributed by atoms with Crippen molar-refractivity contribution < 1.29 is 9.59 Å². The summed E-state index contributed by atoms with van der Waals surface area (Å²) in [6.07, 6.45) is 2.78. The SMILES string of the molecule is CN1C2=C(C(=O)CC(C)(C)C2)C(c2cccc3ccccc23)C2=C1CC(C)(C)CC2=O. The van der Waals surface area contributed by atoms with Crippen LogP contribution in [0.5, 0.6) is 0 Å². The van der Waals surface area contributed by atoms with Crippen LogP contribution in [0.25, 0.3) is 10.8 Å². The lowest BCUT2D eigenvalue weighted by atomic mass is 9.63. The first-order valence-electron chi connectivity index (χ1n) is 11.3. The maximum absolute atomic E-state index is 13.6. The van der Waals surface area contributed by atoms with E-state index >= 15 is 0 Å². The Hall–Kier alpha value is -2.68. The Bertz CT molecular complexity index is 1140. The number of ketones is 2. The normalized spacial score (nSPS) is 23.3. The minimum absolute atomic E-state index is 0.0697. The molecular formula is C28H31NO2. The summed E-state index contributed by atoms with van der Waals surface area (Å²) in [5, 5.41) is 2.28. The highest BCUT2D eigenvalue weighted by molar-refractivity contribution is 6.08. The first-order valence-corrected chi connectivity index (χ1v) is 11.3. The van der Waals surface area contributed by atoms with Gasteiger partial charge in [-0.25, -0.2) is 0 Å². The van der Waals surface area contributed by atoms with Gasteiger partial charge in [-0.3, -0.25) is 9.59 Å². The molecule has 5 rings (SSSR count). The van der Waals surface area contributed by atoms with Crippen LogP contribution in [0.15, 0.2) is 65.0 Å². The fourth-order valence-corrected chi connectivity index (χ4v) is 5.98. The van der Waals surface area contributed by atoms with E-state index < -0.39 is 0 Å². The van der Waals surface area contributed by atoms with Gasteiger partial charge in [0.15, 0.2) is 11.6 Å². The number of hydrogen-bond acceptors (Lipinski definition) is 3. The third-order valence-electron chi connectivity index (χ3n) is 7.31. The van der Waals surface area contributed by atoms with Crippen molar-refractivity contribution in [3.63, 3.8) is 0 Å². The van der Waals surface area contributed by atoms with Gasteiger partial charge in [0.1, 0.15) is 0 Å². The second-order valence-corrected chi connectivity index (χ2v) is 11.2. The van der Waals surface area contributed by atoms with Crippen molar-refractivity contribution in [1.29, 1.82) is 0 Å². The minimum Gasteiger partial charge on any atom is -0.351 e. The lowest BCUT2D eigenvalue weighted by Crippen LogP contribution is -2.43. The molecule has 3 aliphatic rings. The highest BCUT2D eigenvalue weighted by atomic mass is 16.1. The molecule has 160 valence electrons. The number of carbonyl (C=O) groups is 2. The van der Waals surface area contributed by atoms with Crippen LogP contribution in [0, 0.1) is 10.8 Å². The Morgan fingerprint density at radius 3 is 1.84 bits per heavy atom. The largest absolute Gasteiger partial charge is 0.351 e. The monoisotopic (exact) mass is 413 g/mol. The maximum atomic E-state index is 13.6. The van der Waals surface area contributed by atoms with Gasteiger partial charge in [-0.2, -0.15) is 0 Å². The molecule has 0 N–H and O–H groups in total. The first-order chi connectivity index (χ1) is 14.6. The van der Waals surface area contributed by atoms with Crippen molar-refractivity contribution in [2.75, 3.05) is 7.05 Å². The van der Waals surface area contributed by atoms with Gasteiger partial charge in [-0.05, 0) is 40.0 Å². The van der Waals surface area contributed by atoms with Gasteiger partial charge < -0.3 is 4.90 Å². The van der Waals surface area contributed by atoms with Crippen LogP contribution in [-0.2, 0) is 9.59 Å². The number of hydrogen-bond donors (Lipinski definition) is 0. The molecule has 0 saturated carbocycles. The standard InChI is InChI=1S/C28H31NO2/c1-27(2)13-20-25(22(30)15-27)24(19-12-8-10-17-9-6-7-11-18(17)19)26-21(29(20)5)14-28(3,4)16-23(26)31/h6-12,24H,13-16H2,1-5H3. The van der Waals surface area contributed by atoms with Gasteiger partial charge in [0.2, 0.25) is 0 Å². The minimum atomic E-state index is -0.264. The van der Waals surface area contributed by atoms with Crippen LogP contribution in [-0.4, -0.2) is 23.5 Å². The molecule has 2 aromatic rings. The molecule has 2 aromatic carbocycles. The molecule has 0 radical (unpaired) electrons. The zero-order valence-electron chi connectivity index (χ0n) is 19.2. The summed E-state index contributed by atoms with van der Waals surface area (Å²) in [5.74, 6) is 0.125. The van der Waals surface area contributed by atoms with Gasteiger partial charge in [-0.1, -0.05) is 70.2 Å². The fourth-order valence-electron chi connectivity index (χ4n) is 5.98. The molecule has 2 aliphatic carbocycles. The van der Waals surface area contributed by atoms with Gasteiger partial charge in [0, 0.05) is 48.3 Å². The van der Waals surface area contributed by atoms with Crippen molar-refractivity contribution in [1.82, 2.24) is 4.90 Å². The van der Waals surface area contributed by atoms with Crippen LogP contribution in [0.2, 0.25) is 0 Å². The average molecular weight is 414 g/mol. The third kappa shape index (κ3) is 3.17. The van der Waals surface area contributed by atoms with Gasteiger partial charge in [0.05, 0.1) is 0 Å². The molecule has 0 bridgehead atoms. The summed E-state index contributed by atoms with van der Waals surface area (Å²) in [5.41, 5.74) is 4.88. The summed E-state index contributed by atoms with van der Waals surface area (Å²) in [6.45, 7) is 8.70. The molecule has 0 saturated heterocycles. The van der Waals surface area contributed by atoms with Crippen molar-refractivity contribution in [3.05, 3.63) is 70.6 Å². The summed E-state index contributed by atoms with van der Waals surface area (Å²) >= 11 is 0.